The van der Waals surface area contributed by atoms with Crippen LogP contribution in [0.1, 0.15) is 106 Å². The van der Waals surface area contributed by atoms with Crippen LogP contribution in [0.5, 0.6) is 0 Å². The van der Waals surface area contributed by atoms with Crippen molar-refractivity contribution < 1.29 is 4.74 Å². The Hall–Kier alpha value is -1.98. The van der Waals surface area contributed by atoms with E-state index < -0.39 is 8.07 Å². The topological polar surface area (TPSA) is 9.23 Å². The summed E-state index contributed by atoms with van der Waals surface area (Å²) in [5.74, 6) is 0. The highest BCUT2D eigenvalue weighted by Crippen LogP contribution is 2.61. The lowest BCUT2D eigenvalue weighted by atomic mass is 10.1. The molecule has 0 aliphatic heterocycles. The average molecular weight is 599 g/mol. The minimum absolute atomic E-state index is 0.0398. The lowest BCUT2D eigenvalue weighted by Gasteiger charge is -2.42. The molecule has 0 saturated heterocycles. The third-order valence-electron chi connectivity index (χ3n) is 10.0. The largest absolute Gasteiger partial charge is 0.376 e. The molecule has 6 rings (SSSR count). The van der Waals surface area contributed by atoms with Crippen molar-refractivity contribution in [1.29, 1.82) is 0 Å². The minimum Gasteiger partial charge on any atom is -0.376 e. The Morgan fingerprint density at radius 1 is 0.683 bits per heavy atom. The molecule has 2 atom stereocenters. The van der Waals surface area contributed by atoms with Crippen LogP contribution in [0.15, 0.2) is 59.7 Å². The van der Waals surface area contributed by atoms with Gasteiger partial charge in [0.05, 0.1) is 13.7 Å². The Morgan fingerprint density at radius 2 is 1.15 bits per heavy atom. The molecule has 2 aliphatic rings. The molecule has 2 unspecified atom stereocenters. The number of ether oxygens (including phenoxy) is 1. The molecular weight excluding hydrogens is 553 g/mol. The zero-order chi connectivity index (χ0) is 29.1. The third kappa shape index (κ3) is 4.93. The molecule has 1 nitrogen and oxygen atoms in total. The molecule has 216 valence electrons. The first kappa shape index (κ1) is 29.1. The number of hydrogen-bond acceptors (Lipinski definition) is 3. The maximum absolute atomic E-state index is 6.03. The quantitative estimate of drug-likeness (QED) is 0.137. The van der Waals surface area contributed by atoms with Gasteiger partial charge < -0.3 is 4.74 Å². The van der Waals surface area contributed by atoms with E-state index >= 15 is 0 Å². The summed E-state index contributed by atoms with van der Waals surface area (Å²) in [6.07, 6.45) is 5.04. The number of fused-ring (bicyclic) bond motifs is 6. The summed E-state index contributed by atoms with van der Waals surface area (Å²) in [6, 6.07) is 19.8. The number of benzene rings is 2. The lowest BCUT2D eigenvalue weighted by molar-refractivity contribution is -0.00471. The van der Waals surface area contributed by atoms with E-state index in [2.05, 4.69) is 104 Å². The van der Waals surface area contributed by atoms with E-state index in [9.17, 15) is 0 Å². The fourth-order valence-electron chi connectivity index (χ4n) is 7.93. The molecule has 2 aliphatic carbocycles. The second-order valence-corrected chi connectivity index (χ2v) is 20.6. The van der Waals surface area contributed by atoms with Gasteiger partial charge in [-0.2, -0.15) is 0 Å². The SMILES string of the molecule is CC1=C(C)C([Si](C)(CCCCCCOC(C)(C)C)C2C(C)=C(C)c3sc4ccccc4c32)c2c1sc1ccccc21. The summed E-state index contributed by atoms with van der Waals surface area (Å²) < 4.78 is 8.95. The highest BCUT2D eigenvalue weighted by atomic mass is 32.1. The van der Waals surface area contributed by atoms with Crippen molar-refractivity contribution in [3.8, 4) is 0 Å². The van der Waals surface area contributed by atoms with Gasteiger partial charge in [-0.15, -0.1) is 22.7 Å². The van der Waals surface area contributed by atoms with Crippen molar-refractivity contribution in [3.05, 3.63) is 80.6 Å². The smallest absolute Gasteiger partial charge is 0.0753 e. The maximum Gasteiger partial charge on any atom is 0.0753 e. The summed E-state index contributed by atoms with van der Waals surface area (Å²) in [5, 5.41) is 3.03. The van der Waals surface area contributed by atoms with Crippen molar-refractivity contribution in [2.75, 3.05) is 6.61 Å². The molecule has 0 N–H and O–H groups in total. The third-order valence-corrected chi connectivity index (χ3v) is 18.2. The van der Waals surface area contributed by atoms with Gasteiger partial charge in [0.15, 0.2) is 0 Å². The van der Waals surface area contributed by atoms with E-state index in [1.165, 1.54) is 45.5 Å². The predicted octanol–water partition coefficient (Wildman–Crippen LogP) is 12.1. The molecule has 0 radical (unpaired) electrons. The summed E-state index contributed by atoms with van der Waals surface area (Å²) in [4.78, 5) is 3.14. The summed E-state index contributed by atoms with van der Waals surface area (Å²) >= 11 is 4.06. The number of allylic oxidation sites excluding steroid dienone is 4. The van der Waals surface area contributed by atoms with Gasteiger partial charge in [0, 0.05) is 36.8 Å². The van der Waals surface area contributed by atoms with Crippen LogP contribution in [0.2, 0.25) is 12.6 Å². The Morgan fingerprint density at radius 3 is 1.63 bits per heavy atom. The standard InChI is InChI=1S/C37H46OS2Si/c1-23-25(3)35(31-27-17-11-13-19-29(27)39-33(23)31)41(8,22-16-10-9-15-21-38-37(5,6)7)36-26(4)24(2)34-32(36)28-18-12-14-20-30(28)40-34/h11-14,17-20,35-36H,9-10,15-16,21-22H2,1-8H3. The number of hydrogen-bond donors (Lipinski definition) is 0. The van der Waals surface area contributed by atoms with Crippen LogP contribution in [0, 0.1) is 0 Å². The van der Waals surface area contributed by atoms with E-state index in [-0.39, 0.29) is 5.60 Å². The molecule has 2 aromatic heterocycles. The first-order chi connectivity index (χ1) is 19.5. The van der Waals surface area contributed by atoms with Gasteiger partial charge in [0.25, 0.3) is 0 Å². The molecule has 0 bridgehead atoms. The van der Waals surface area contributed by atoms with Crippen molar-refractivity contribution in [3.63, 3.8) is 0 Å². The molecule has 0 saturated carbocycles. The Balaban J connectivity index is 1.42. The van der Waals surface area contributed by atoms with Gasteiger partial charge in [-0.05, 0) is 100 Å². The van der Waals surface area contributed by atoms with Gasteiger partial charge >= 0.3 is 0 Å². The molecule has 41 heavy (non-hydrogen) atoms. The molecule has 0 spiro atoms. The molecular formula is C37H46OS2Si. The van der Waals surface area contributed by atoms with Crippen molar-refractivity contribution in [2.45, 2.75) is 103 Å². The molecule has 2 aromatic carbocycles. The van der Waals surface area contributed by atoms with Gasteiger partial charge in [-0.25, -0.2) is 0 Å². The van der Waals surface area contributed by atoms with E-state index in [4.69, 9.17) is 4.74 Å². The first-order valence-electron chi connectivity index (χ1n) is 15.5. The second kappa shape index (κ2) is 10.9. The summed E-state index contributed by atoms with van der Waals surface area (Å²) in [7, 11) is -1.99. The van der Waals surface area contributed by atoms with Crippen molar-refractivity contribution >= 4 is 62.1 Å². The molecule has 0 fully saturated rings. The monoisotopic (exact) mass is 598 g/mol. The van der Waals surface area contributed by atoms with E-state index in [0.29, 0.717) is 11.1 Å². The summed E-state index contributed by atoms with van der Waals surface area (Å²) in [6.45, 7) is 19.9. The number of rotatable bonds is 9. The van der Waals surface area contributed by atoms with Gasteiger partial charge in [0.1, 0.15) is 0 Å². The number of thiophene rings is 2. The summed E-state index contributed by atoms with van der Waals surface area (Å²) in [5.41, 5.74) is 10.9. The average Bonchev–Trinajstić information content (AvgIpc) is 3.63. The Kier molecular flexibility index (Phi) is 7.76. The number of unbranched alkanes of at least 4 members (excludes halogenated alkanes) is 3. The fourth-order valence-corrected chi connectivity index (χ4v) is 17.0. The molecule has 4 heteroatoms. The van der Waals surface area contributed by atoms with Crippen molar-refractivity contribution in [2.24, 2.45) is 0 Å². The highest BCUT2D eigenvalue weighted by molar-refractivity contribution is 7.21. The minimum atomic E-state index is -1.99. The van der Waals surface area contributed by atoms with Crippen LogP contribution < -0.4 is 0 Å². The predicted molar refractivity (Wildman–Crippen MR) is 186 cm³/mol. The van der Waals surface area contributed by atoms with Crippen LogP contribution in [0.25, 0.3) is 31.3 Å². The van der Waals surface area contributed by atoms with Crippen LogP contribution in [-0.2, 0) is 4.74 Å². The van der Waals surface area contributed by atoms with E-state index in [0.717, 1.165) is 13.0 Å². The maximum atomic E-state index is 6.03. The van der Waals surface area contributed by atoms with E-state index in [1.54, 1.807) is 43.2 Å². The van der Waals surface area contributed by atoms with Gasteiger partial charge in [0.2, 0.25) is 0 Å². The molecule has 0 amide bonds. The Bertz CT molecular complexity index is 1570. The van der Waals surface area contributed by atoms with Crippen molar-refractivity contribution in [1.82, 2.24) is 0 Å². The van der Waals surface area contributed by atoms with Crippen LogP contribution in [0.4, 0.5) is 0 Å². The molecule has 2 heterocycles. The van der Waals surface area contributed by atoms with E-state index in [1.807, 2.05) is 22.7 Å². The molecule has 4 aromatic rings. The zero-order valence-corrected chi connectivity index (χ0v) is 28.9. The van der Waals surface area contributed by atoms with Gasteiger partial charge in [-0.3, -0.25) is 0 Å². The van der Waals surface area contributed by atoms with Crippen LogP contribution in [-0.4, -0.2) is 20.3 Å². The highest BCUT2D eigenvalue weighted by Gasteiger charge is 2.52. The fraction of sp³-hybridized carbons (Fsp3) is 0.459. The second-order valence-electron chi connectivity index (χ2n) is 13.8. The zero-order valence-electron chi connectivity index (χ0n) is 26.2. The van der Waals surface area contributed by atoms with Crippen LogP contribution >= 0.6 is 22.7 Å². The lowest BCUT2D eigenvalue weighted by Crippen LogP contribution is -2.45. The Labute approximate surface area is 256 Å². The first-order valence-corrected chi connectivity index (χ1v) is 20.0. The van der Waals surface area contributed by atoms with Gasteiger partial charge in [-0.1, -0.05) is 79.4 Å². The van der Waals surface area contributed by atoms with Crippen LogP contribution in [0.3, 0.4) is 0 Å². The normalized spacial score (nSPS) is 20.4.